The molecular formula is C16H34N2O2. The minimum Gasteiger partial charge on any atom is -0.396 e. The van der Waals surface area contributed by atoms with Gasteiger partial charge in [0, 0.05) is 43.8 Å². The van der Waals surface area contributed by atoms with Gasteiger partial charge in [0.05, 0.1) is 6.61 Å². The Morgan fingerprint density at radius 3 is 2.60 bits per heavy atom. The molecule has 1 aliphatic rings. The Hall–Kier alpha value is -0.160. The van der Waals surface area contributed by atoms with Crippen molar-refractivity contribution < 1.29 is 9.84 Å². The van der Waals surface area contributed by atoms with E-state index in [0.29, 0.717) is 0 Å². The first kappa shape index (κ1) is 17.9. The molecule has 0 radical (unpaired) electrons. The lowest BCUT2D eigenvalue weighted by Crippen LogP contribution is -2.52. The molecule has 1 heterocycles. The Morgan fingerprint density at radius 2 is 2.10 bits per heavy atom. The standard InChI is InChI=1S/C16H34N2O2/c1-5-18(9-7-10-19)13-16(8-6-11-20-14-16)12-17-15(2,3)4/h17,19H,5-14H2,1-4H3. The molecule has 0 aromatic rings. The topological polar surface area (TPSA) is 44.7 Å². The van der Waals surface area contributed by atoms with Gasteiger partial charge in [0.2, 0.25) is 0 Å². The summed E-state index contributed by atoms with van der Waals surface area (Å²) in [5.74, 6) is 0. The second kappa shape index (κ2) is 8.32. The molecule has 2 N–H and O–H groups in total. The number of aliphatic hydroxyl groups is 1. The van der Waals surface area contributed by atoms with Crippen LogP contribution >= 0.6 is 0 Å². The summed E-state index contributed by atoms with van der Waals surface area (Å²) in [6, 6.07) is 0. The van der Waals surface area contributed by atoms with Gasteiger partial charge in [0.25, 0.3) is 0 Å². The summed E-state index contributed by atoms with van der Waals surface area (Å²) in [5.41, 5.74) is 0.365. The van der Waals surface area contributed by atoms with E-state index in [1.54, 1.807) is 0 Å². The highest BCUT2D eigenvalue weighted by molar-refractivity contribution is 4.89. The van der Waals surface area contributed by atoms with Crippen molar-refractivity contribution in [1.29, 1.82) is 0 Å². The fraction of sp³-hybridized carbons (Fsp3) is 1.00. The Kier molecular flexibility index (Phi) is 7.45. The van der Waals surface area contributed by atoms with Crippen molar-refractivity contribution in [2.45, 2.75) is 52.5 Å². The maximum atomic E-state index is 9.03. The van der Waals surface area contributed by atoms with Crippen LogP contribution in [0.2, 0.25) is 0 Å². The summed E-state index contributed by atoms with van der Waals surface area (Å²) in [4.78, 5) is 2.45. The molecule has 0 aromatic carbocycles. The summed E-state index contributed by atoms with van der Waals surface area (Å²) >= 11 is 0. The number of nitrogens with zero attached hydrogens (tertiary/aromatic N) is 1. The van der Waals surface area contributed by atoms with Gasteiger partial charge in [0.1, 0.15) is 0 Å². The first-order chi connectivity index (χ1) is 9.41. The predicted molar refractivity (Wildman–Crippen MR) is 84.1 cm³/mol. The molecule has 0 aromatic heterocycles. The molecule has 0 aliphatic carbocycles. The van der Waals surface area contributed by atoms with Gasteiger partial charge in [-0.3, -0.25) is 0 Å². The lowest BCUT2D eigenvalue weighted by Gasteiger charge is -2.42. The average Bonchev–Trinajstić information content (AvgIpc) is 2.42. The number of hydrogen-bond donors (Lipinski definition) is 2. The van der Waals surface area contributed by atoms with Crippen LogP contribution in [0.4, 0.5) is 0 Å². The van der Waals surface area contributed by atoms with E-state index in [9.17, 15) is 0 Å². The van der Waals surface area contributed by atoms with Gasteiger partial charge in [-0.15, -0.1) is 0 Å². The largest absolute Gasteiger partial charge is 0.396 e. The highest BCUT2D eigenvalue weighted by atomic mass is 16.5. The van der Waals surface area contributed by atoms with Crippen LogP contribution in [-0.2, 0) is 4.74 Å². The van der Waals surface area contributed by atoms with Crippen molar-refractivity contribution in [3.05, 3.63) is 0 Å². The predicted octanol–water partition coefficient (Wildman–Crippen LogP) is 1.88. The van der Waals surface area contributed by atoms with Crippen LogP contribution in [0, 0.1) is 5.41 Å². The Labute approximate surface area is 124 Å². The van der Waals surface area contributed by atoms with E-state index < -0.39 is 0 Å². The van der Waals surface area contributed by atoms with Gasteiger partial charge in [0.15, 0.2) is 0 Å². The molecular weight excluding hydrogens is 252 g/mol. The minimum atomic E-state index is 0.145. The molecule has 0 amide bonds. The van der Waals surface area contributed by atoms with E-state index in [4.69, 9.17) is 9.84 Å². The molecule has 120 valence electrons. The highest BCUT2D eigenvalue weighted by Crippen LogP contribution is 2.30. The third-order valence-corrected chi connectivity index (χ3v) is 4.04. The first-order valence-electron chi connectivity index (χ1n) is 8.07. The number of hydrogen-bond acceptors (Lipinski definition) is 4. The van der Waals surface area contributed by atoms with E-state index in [1.807, 2.05) is 0 Å². The van der Waals surface area contributed by atoms with E-state index >= 15 is 0 Å². The zero-order valence-electron chi connectivity index (χ0n) is 13.9. The van der Waals surface area contributed by atoms with Gasteiger partial charge < -0.3 is 20.1 Å². The van der Waals surface area contributed by atoms with Crippen LogP contribution in [0.1, 0.15) is 47.0 Å². The molecule has 4 heteroatoms. The normalized spacial score (nSPS) is 24.3. The van der Waals surface area contributed by atoms with Gasteiger partial charge >= 0.3 is 0 Å². The third kappa shape index (κ3) is 6.53. The maximum Gasteiger partial charge on any atom is 0.0546 e. The van der Waals surface area contributed by atoms with E-state index in [-0.39, 0.29) is 17.6 Å². The van der Waals surface area contributed by atoms with Crippen molar-refractivity contribution in [3.63, 3.8) is 0 Å². The zero-order chi connectivity index (χ0) is 15.1. The lowest BCUT2D eigenvalue weighted by molar-refractivity contribution is -0.0286. The summed E-state index contributed by atoms with van der Waals surface area (Å²) < 4.78 is 5.78. The van der Waals surface area contributed by atoms with Gasteiger partial charge in [-0.25, -0.2) is 0 Å². The fourth-order valence-corrected chi connectivity index (χ4v) is 2.80. The molecule has 1 atom stereocenters. The second-order valence-electron chi connectivity index (χ2n) is 7.21. The number of ether oxygens (including phenoxy) is 1. The summed E-state index contributed by atoms with van der Waals surface area (Å²) in [6.07, 6.45) is 3.24. The van der Waals surface area contributed by atoms with Crippen molar-refractivity contribution in [2.75, 3.05) is 46.0 Å². The van der Waals surface area contributed by atoms with Gasteiger partial charge in [-0.05, 0) is 46.6 Å². The van der Waals surface area contributed by atoms with Gasteiger partial charge in [-0.1, -0.05) is 6.92 Å². The van der Waals surface area contributed by atoms with Crippen LogP contribution < -0.4 is 5.32 Å². The lowest BCUT2D eigenvalue weighted by atomic mass is 9.81. The zero-order valence-corrected chi connectivity index (χ0v) is 13.9. The summed E-state index contributed by atoms with van der Waals surface area (Å²) in [7, 11) is 0. The number of aliphatic hydroxyl groups excluding tert-OH is 1. The SMILES string of the molecule is CCN(CCCO)CC1(CNC(C)(C)C)CCCOC1. The van der Waals surface area contributed by atoms with Crippen LogP contribution in [0.5, 0.6) is 0 Å². The van der Waals surface area contributed by atoms with Crippen molar-refractivity contribution in [3.8, 4) is 0 Å². The molecule has 1 aliphatic heterocycles. The van der Waals surface area contributed by atoms with Crippen LogP contribution in [0.15, 0.2) is 0 Å². The molecule has 4 nitrogen and oxygen atoms in total. The Balaban J connectivity index is 2.61. The summed E-state index contributed by atoms with van der Waals surface area (Å²) in [6.45, 7) is 15.0. The quantitative estimate of drug-likeness (QED) is 0.715. The number of nitrogens with one attached hydrogen (secondary N) is 1. The summed E-state index contributed by atoms with van der Waals surface area (Å²) in [5, 5.41) is 12.7. The molecule has 0 saturated carbocycles. The van der Waals surface area contributed by atoms with Gasteiger partial charge in [-0.2, -0.15) is 0 Å². The molecule has 20 heavy (non-hydrogen) atoms. The molecule has 1 unspecified atom stereocenters. The minimum absolute atomic E-state index is 0.145. The van der Waals surface area contributed by atoms with Crippen molar-refractivity contribution in [2.24, 2.45) is 5.41 Å². The van der Waals surface area contributed by atoms with Crippen molar-refractivity contribution >= 4 is 0 Å². The molecule has 0 bridgehead atoms. The maximum absolute atomic E-state index is 9.03. The smallest absolute Gasteiger partial charge is 0.0546 e. The number of rotatable bonds is 8. The van der Waals surface area contributed by atoms with E-state index in [2.05, 4.69) is 37.9 Å². The Bertz CT molecular complexity index is 258. The van der Waals surface area contributed by atoms with Crippen molar-refractivity contribution in [1.82, 2.24) is 10.2 Å². The first-order valence-corrected chi connectivity index (χ1v) is 8.07. The fourth-order valence-electron chi connectivity index (χ4n) is 2.80. The average molecular weight is 286 g/mol. The second-order valence-corrected chi connectivity index (χ2v) is 7.21. The van der Waals surface area contributed by atoms with Crippen LogP contribution in [-0.4, -0.2) is 61.5 Å². The van der Waals surface area contributed by atoms with E-state index in [1.165, 1.54) is 6.42 Å². The van der Waals surface area contributed by atoms with E-state index in [0.717, 1.165) is 52.2 Å². The molecule has 0 spiro atoms. The Morgan fingerprint density at radius 1 is 1.35 bits per heavy atom. The highest BCUT2D eigenvalue weighted by Gasteiger charge is 2.35. The third-order valence-electron chi connectivity index (χ3n) is 4.04. The molecule has 1 rings (SSSR count). The van der Waals surface area contributed by atoms with Crippen LogP contribution in [0.25, 0.3) is 0 Å². The molecule has 1 fully saturated rings. The van der Waals surface area contributed by atoms with Crippen LogP contribution in [0.3, 0.4) is 0 Å². The molecule has 1 saturated heterocycles. The monoisotopic (exact) mass is 286 g/mol.